The third kappa shape index (κ3) is 2.35. The molecule has 0 amide bonds. The predicted octanol–water partition coefficient (Wildman–Crippen LogP) is 2.00. The zero-order valence-electron chi connectivity index (χ0n) is 9.35. The van der Waals surface area contributed by atoms with Crippen molar-refractivity contribution in [1.29, 1.82) is 0 Å². The van der Waals surface area contributed by atoms with Crippen LogP contribution in [0.4, 0.5) is 6.01 Å². The van der Waals surface area contributed by atoms with Gasteiger partial charge in [0.05, 0.1) is 0 Å². The first-order chi connectivity index (χ1) is 7.66. The van der Waals surface area contributed by atoms with Gasteiger partial charge >= 0.3 is 5.97 Å². The molecule has 1 saturated carbocycles. The van der Waals surface area contributed by atoms with Crippen molar-refractivity contribution in [2.45, 2.75) is 25.7 Å². The van der Waals surface area contributed by atoms with Crippen LogP contribution in [0.1, 0.15) is 36.2 Å². The molecule has 16 heavy (non-hydrogen) atoms. The topological polar surface area (TPSA) is 66.6 Å². The Kier molecular flexibility index (Phi) is 3.12. The summed E-state index contributed by atoms with van der Waals surface area (Å²) in [5.74, 6) is -0.366. The molecule has 0 radical (unpaired) electrons. The van der Waals surface area contributed by atoms with E-state index in [-0.39, 0.29) is 5.69 Å². The fraction of sp³-hybridized carbons (Fsp3) is 0.636. The van der Waals surface area contributed by atoms with Gasteiger partial charge in [0, 0.05) is 13.6 Å². The fourth-order valence-corrected chi connectivity index (χ4v) is 2.20. The third-order valence-corrected chi connectivity index (χ3v) is 3.04. The van der Waals surface area contributed by atoms with Gasteiger partial charge in [-0.2, -0.15) is 4.98 Å². The van der Waals surface area contributed by atoms with E-state index in [0.717, 1.165) is 6.54 Å². The molecule has 1 aromatic rings. The quantitative estimate of drug-likeness (QED) is 0.847. The van der Waals surface area contributed by atoms with Gasteiger partial charge < -0.3 is 14.4 Å². The first kappa shape index (κ1) is 11.0. The van der Waals surface area contributed by atoms with Crippen molar-refractivity contribution < 1.29 is 14.3 Å². The van der Waals surface area contributed by atoms with E-state index in [4.69, 9.17) is 9.52 Å². The molecule has 0 atom stereocenters. The molecule has 0 unspecified atom stereocenters. The van der Waals surface area contributed by atoms with Crippen LogP contribution >= 0.6 is 0 Å². The van der Waals surface area contributed by atoms with Crippen molar-refractivity contribution in [1.82, 2.24) is 4.98 Å². The summed E-state index contributed by atoms with van der Waals surface area (Å²) in [5, 5.41) is 8.72. The molecule has 0 spiro atoms. The lowest BCUT2D eigenvalue weighted by atomic mass is 10.1. The minimum absolute atomic E-state index is 0.0340. The normalized spacial score (nSPS) is 16.6. The second-order valence-corrected chi connectivity index (χ2v) is 4.35. The van der Waals surface area contributed by atoms with Crippen molar-refractivity contribution in [3.05, 3.63) is 12.0 Å². The van der Waals surface area contributed by atoms with E-state index in [2.05, 4.69) is 4.98 Å². The van der Waals surface area contributed by atoms with E-state index in [9.17, 15) is 4.79 Å². The van der Waals surface area contributed by atoms with Crippen molar-refractivity contribution >= 4 is 12.0 Å². The molecule has 0 saturated heterocycles. The first-order valence-corrected chi connectivity index (χ1v) is 5.57. The van der Waals surface area contributed by atoms with Gasteiger partial charge in [-0.25, -0.2) is 4.79 Å². The smallest absolute Gasteiger partial charge is 0.357 e. The number of carboxylic acids is 1. The molecule has 1 aliphatic carbocycles. The highest BCUT2D eigenvalue weighted by Gasteiger charge is 2.20. The average molecular weight is 224 g/mol. The van der Waals surface area contributed by atoms with Crippen molar-refractivity contribution in [3.8, 4) is 0 Å². The number of oxazole rings is 1. The van der Waals surface area contributed by atoms with Crippen LogP contribution in [0.2, 0.25) is 0 Å². The third-order valence-electron chi connectivity index (χ3n) is 3.04. The number of nitrogens with zero attached hydrogens (tertiary/aromatic N) is 2. The maximum atomic E-state index is 10.6. The lowest BCUT2D eigenvalue weighted by Crippen LogP contribution is -2.24. The number of carboxylic acid groups (broad SMARTS) is 1. The summed E-state index contributed by atoms with van der Waals surface area (Å²) in [5.41, 5.74) is -0.0340. The molecule has 0 aliphatic heterocycles. The summed E-state index contributed by atoms with van der Waals surface area (Å²) in [4.78, 5) is 16.4. The highest BCUT2D eigenvalue weighted by Crippen LogP contribution is 2.26. The molecular formula is C11H16N2O3. The number of hydrogen-bond donors (Lipinski definition) is 1. The van der Waals surface area contributed by atoms with E-state index in [0.29, 0.717) is 11.9 Å². The molecule has 1 N–H and O–H groups in total. The second kappa shape index (κ2) is 4.55. The van der Waals surface area contributed by atoms with Crippen molar-refractivity contribution in [2.75, 3.05) is 18.5 Å². The summed E-state index contributed by atoms with van der Waals surface area (Å²) in [6.07, 6.45) is 6.27. The van der Waals surface area contributed by atoms with Crippen LogP contribution in [-0.4, -0.2) is 29.7 Å². The molecule has 2 rings (SSSR count). The molecule has 5 nitrogen and oxygen atoms in total. The lowest BCUT2D eigenvalue weighted by Gasteiger charge is -2.18. The number of rotatable bonds is 4. The summed E-state index contributed by atoms with van der Waals surface area (Å²) in [6.45, 7) is 0.888. The highest BCUT2D eigenvalue weighted by atomic mass is 16.4. The van der Waals surface area contributed by atoms with Gasteiger partial charge in [-0.15, -0.1) is 0 Å². The molecule has 0 aromatic carbocycles. The Bertz CT molecular complexity index is 369. The Labute approximate surface area is 94.1 Å². The maximum absolute atomic E-state index is 10.6. The Morgan fingerprint density at radius 1 is 1.62 bits per heavy atom. The number of anilines is 1. The van der Waals surface area contributed by atoms with Crippen LogP contribution in [-0.2, 0) is 0 Å². The van der Waals surface area contributed by atoms with Gasteiger partial charge in [-0.1, -0.05) is 12.8 Å². The van der Waals surface area contributed by atoms with E-state index in [1.807, 2.05) is 11.9 Å². The number of hydrogen-bond acceptors (Lipinski definition) is 4. The Hall–Kier alpha value is -1.52. The maximum Gasteiger partial charge on any atom is 0.357 e. The standard InChI is InChI=1S/C11H16N2O3/c1-13(6-8-4-2-3-5-8)11-12-9(7-16-11)10(14)15/h7-8H,2-6H2,1H3,(H,14,15). The molecule has 0 bridgehead atoms. The van der Waals surface area contributed by atoms with E-state index in [1.54, 1.807) is 0 Å². The zero-order chi connectivity index (χ0) is 11.5. The molecular weight excluding hydrogens is 208 g/mol. The summed E-state index contributed by atoms with van der Waals surface area (Å²) in [7, 11) is 1.88. The minimum atomic E-state index is -1.05. The molecule has 1 aliphatic rings. The lowest BCUT2D eigenvalue weighted by molar-refractivity contribution is 0.0690. The van der Waals surface area contributed by atoms with Crippen LogP contribution in [0.25, 0.3) is 0 Å². The number of carbonyl (C=O) groups is 1. The molecule has 1 fully saturated rings. The SMILES string of the molecule is CN(CC1CCCC1)c1nc(C(=O)O)co1. The molecule has 5 heteroatoms. The molecule has 1 aromatic heterocycles. The van der Waals surface area contributed by atoms with Crippen molar-refractivity contribution in [3.63, 3.8) is 0 Å². The summed E-state index contributed by atoms with van der Waals surface area (Å²) < 4.78 is 5.13. The van der Waals surface area contributed by atoms with Gasteiger partial charge in [-0.3, -0.25) is 0 Å². The predicted molar refractivity (Wildman–Crippen MR) is 58.7 cm³/mol. The van der Waals surface area contributed by atoms with Gasteiger partial charge in [-0.05, 0) is 18.8 Å². The van der Waals surface area contributed by atoms with E-state index in [1.165, 1.54) is 31.9 Å². The second-order valence-electron chi connectivity index (χ2n) is 4.35. The Morgan fingerprint density at radius 2 is 2.31 bits per heavy atom. The van der Waals surface area contributed by atoms with E-state index >= 15 is 0 Å². The zero-order valence-corrected chi connectivity index (χ0v) is 9.35. The summed E-state index contributed by atoms with van der Waals surface area (Å²) >= 11 is 0. The molecule has 1 heterocycles. The Balaban J connectivity index is 1.96. The van der Waals surface area contributed by atoms with Crippen LogP contribution in [0.15, 0.2) is 10.7 Å². The largest absolute Gasteiger partial charge is 0.476 e. The van der Waals surface area contributed by atoms with Gasteiger partial charge in [0.1, 0.15) is 6.26 Å². The number of aromatic nitrogens is 1. The monoisotopic (exact) mass is 224 g/mol. The van der Waals surface area contributed by atoms with Gasteiger partial charge in [0.2, 0.25) is 0 Å². The highest BCUT2D eigenvalue weighted by molar-refractivity contribution is 5.85. The minimum Gasteiger partial charge on any atom is -0.476 e. The van der Waals surface area contributed by atoms with Gasteiger partial charge in [0.15, 0.2) is 5.69 Å². The van der Waals surface area contributed by atoms with Gasteiger partial charge in [0.25, 0.3) is 6.01 Å². The summed E-state index contributed by atoms with van der Waals surface area (Å²) in [6, 6.07) is 0.393. The average Bonchev–Trinajstić information content (AvgIpc) is 2.86. The van der Waals surface area contributed by atoms with Crippen LogP contribution in [0, 0.1) is 5.92 Å². The van der Waals surface area contributed by atoms with Crippen LogP contribution in [0.5, 0.6) is 0 Å². The van der Waals surface area contributed by atoms with Crippen LogP contribution in [0.3, 0.4) is 0 Å². The number of aromatic carboxylic acids is 1. The fourth-order valence-electron chi connectivity index (χ4n) is 2.20. The van der Waals surface area contributed by atoms with Crippen molar-refractivity contribution in [2.24, 2.45) is 5.92 Å². The van der Waals surface area contributed by atoms with E-state index < -0.39 is 5.97 Å². The molecule has 88 valence electrons. The Morgan fingerprint density at radius 3 is 2.88 bits per heavy atom. The van der Waals surface area contributed by atoms with Crippen LogP contribution < -0.4 is 4.90 Å². The first-order valence-electron chi connectivity index (χ1n) is 5.57.